The van der Waals surface area contributed by atoms with Gasteiger partial charge >= 0.3 is 0 Å². The van der Waals surface area contributed by atoms with Crippen LogP contribution in [0, 0.1) is 6.92 Å². The summed E-state index contributed by atoms with van der Waals surface area (Å²) >= 11 is 5.71. The summed E-state index contributed by atoms with van der Waals surface area (Å²) in [6.07, 6.45) is 1.82. The molecular weight excluding hydrogens is 184 g/mol. The highest BCUT2D eigenvalue weighted by Crippen LogP contribution is 2.14. The minimum Gasteiger partial charge on any atom is -0.355 e. The summed E-state index contributed by atoms with van der Waals surface area (Å²) in [6.45, 7) is 5.99. The first-order valence-electron chi connectivity index (χ1n) is 4.52. The molecule has 2 nitrogen and oxygen atoms in total. The lowest BCUT2D eigenvalue weighted by molar-refractivity contribution is 0.844. The first-order chi connectivity index (χ1) is 6.29. The van der Waals surface area contributed by atoms with Crippen LogP contribution in [-0.4, -0.2) is 24.0 Å². The number of pyridine rings is 1. The molecule has 0 fully saturated rings. The third-order valence-corrected chi connectivity index (χ3v) is 2.19. The summed E-state index contributed by atoms with van der Waals surface area (Å²) in [6, 6.07) is 4.02. The van der Waals surface area contributed by atoms with Gasteiger partial charge in [0.25, 0.3) is 0 Å². The summed E-state index contributed by atoms with van der Waals surface area (Å²) in [4.78, 5) is 6.52. The molecule has 0 saturated carbocycles. The summed E-state index contributed by atoms with van der Waals surface area (Å²) in [5.74, 6) is 1.69. The molecule has 0 aliphatic carbocycles. The van der Waals surface area contributed by atoms with E-state index in [1.54, 1.807) is 0 Å². The predicted octanol–water partition coefficient (Wildman–Crippen LogP) is 2.46. The van der Waals surface area contributed by atoms with Crippen LogP contribution in [0.1, 0.15) is 12.5 Å². The van der Waals surface area contributed by atoms with E-state index in [2.05, 4.69) is 29.8 Å². The van der Waals surface area contributed by atoms with E-state index in [-0.39, 0.29) is 0 Å². The van der Waals surface area contributed by atoms with Crippen molar-refractivity contribution < 1.29 is 0 Å². The highest BCUT2D eigenvalue weighted by molar-refractivity contribution is 6.18. The van der Waals surface area contributed by atoms with Crippen LogP contribution in [0.25, 0.3) is 0 Å². The second-order valence-electron chi connectivity index (χ2n) is 2.91. The molecule has 0 atom stereocenters. The molecule has 3 heteroatoms. The second-order valence-corrected chi connectivity index (χ2v) is 3.29. The maximum atomic E-state index is 5.71. The van der Waals surface area contributed by atoms with Crippen molar-refractivity contribution in [2.24, 2.45) is 0 Å². The van der Waals surface area contributed by atoms with Crippen LogP contribution in [0.3, 0.4) is 0 Å². The van der Waals surface area contributed by atoms with E-state index in [4.69, 9.17) is 11.6 Å². The molecule has 1 rings (SSSR count). The van der Waals surface area contributed by atoms with Crippen molar-refractivity contribution in [3.05, 3.63) is 23.9 Å². The lowest BCUT2D eigenvalue weighted by Gasteiger charge is -2.22. The Hall–Kier alpha value is -0.760. The van der Waals surface area contributed by atoms with Crippen molar-refractivity contribution in [3.63, 3.8) is 0 Å². The largest absolute Gasteiger partial charge is 0.355 e. The lowest BCUT2D eigenvalue weighted by Crippen LogP contribution is -2.26. The molecule has 0 N–H and O–H groups in total. The molecule has 0 aromatic carbocycles. The van der Waals surface area contributed by atoms with Gasteiger partial charge in [0.1, 0.15) is 5.82 Å². The van der Waals surface area contributed by atoms with Gasteiger partial charge in [0, 0.05) is 25.2 Å². The van der Waals surface area contributed by atoms with Crippen molar-refractivity contribution in [2.75, 3.05) is 23.9 Å². The van der Waals surface area contributed by atoms with E-state index in [0.717, 1.165) is 18.9 Å². The van der Waals surface area contributed by atoms with Gasteiger partial charge in [0.05, 0.1) is 0 Å². The summed E-state index contributed by atoms with van der Waals surface area (Å²) in [5, 5.41) is 0. The number of nitrogens with zero attached hydrogens (tertiary/aromatic N) is 2. The molecule has 1 heterocycles. The van der Waals surface area contributed by atoms with Gasteiger partial charge in [0.15, 0.2) is 0 Å². The van der Waals surface area contributed by atoms with Crippen LogP contribution in [-0.2, 0) is 0 Å². The van der Waals surface area contributed by atoms with Gasteiger partial charge in [-0.05, 0) is 25.5 Å². The molecule has 0 radical (unpaired) electrons. The molecule has 0 unspecified atom stereocenters. The van der Waals surface area contributed by atoms with Gasteiger partial charge in [-0.3, -0.25) is 0 Å². The van der Waals surface area contributed by atoms with E-state index < -0.39 is 0 Å². The smallest absolute Gasteiger partial charge is 0.131 e. The Kier molecular flexibility index (Phi) is 4.03. The number of rotatable bonds is 4. The van der Waals surface area contributed by atoms with E-state index in [1.807, 2.05) is 12.3 Å². The molecule has 1 aromatic heterocycles. The average Bonchev–Trinajstić information content (AvgIpc) is 2.16. The molecule has 13 heavy (non-hydrogen) atoms. The molecule has 0 amide bonds. The van der Waals surface area contributed by atoms with Crippen molar-refractivity contribution in [1.29, 1.82) is 0 Å². The Balaban J connectivity index is 2.84. The molecule has 0 bridgehead atoms. The van der Waals surface area contributed by atoms with Crippen LogP contribution < -0.4 is 4.90 Å². The Labute approximate surface area is 84.5 Å². The third-order valence-electron chi connectivity index (χ3n) is 2.02. The predicted molar refractivity (Wildman–Crippen MR) is 57.6 cm³/mol. The normalized spacial score (nSPS) is 10.1. The second kappa shape index (κ2) is 5.07. The zero-order valence-corrected chi connectivity index (χ0v) is 8.88. The Morgan fingerprint density at radius 1 is 1.54 bits per heavy atom. The van der Waals surface area contributed by atoms with Gasteiger partial charge < -0.3 is 4.90 Å². The SMILES string of the molecule is CCN(CCCl)c1ncccc1C. The van der Waals surface area contributed by atoms with Gasteiger partial charge in [-0.1, -0.05) is 6.07 Å². The van der Waals surface area contributed by atoms with E-state index in [1.165, 1.54) is 5.56 Å². The van der Waals surface area contributed by atoms with Crippen molar-refractivity contribution in [1.82, 2.24) is 4.98 Å². The lowest BCUT2D eigenvalue weighted by atomic mass is 10.2. The first kappa shape index (κ1) is 10.3. The Morgan fingerprint density at radius 3 is 2.85 bits per heavy atom. The Morgan fingerprint density at radius 2 is 2.31 bits per heavy atom. The maximum Gasteiger partial charge on any atom is 0.131 e. The fourth-order valence-corrected chi connectivity index (χ4v) is 1.53. The van der Waals surface area contributed by atoms with Gasteiger partial charge in [-0.2, -0.15) is 0 Å². The van der Waals surface area contributed by atoms with Crippen molar-refractivity contribution >= 4 is 17.4 Å². The summed E-state index contributed by atoms with van der Waals surface area (Å²) in [7, 11) is 0. The fraction of sp³-hybridized carbons (Fsp3) is 0.500. The fourth-order valence-electron chi connectivity index (χ4n) is 1.32. The number of hydrogen-bond donors (Lipinski definition) is 0. The molecule has 0 saturated heterocycles. The molecule has 1 aromatic rings. The standard InChI is InChI=1S/C10H15ClN2/c1-3-13(8-6-11)10-9(2)5-4-7-12-10/h4-5,7H,3,6,8H2,1-2H3. The number of alkyl halides is 1. The average molecular weight is 199 g/mol. The van der Waals surface area contributed by atoms with Gasteiger partial charge in [-0.15, -0.1) is 11.6 Å². The van der Waals surface area contributed by atoms with Crippen LogP contribution in [0.2, 0.25) is 0 Å². The van der Waals surface area contributed by atoms with Crippen molar-refractivity contribution in [2.45, 2.75) is 13.8 Å². The highest BCUT2D eigenvalue weighted by atomic mass is 35.5. The van der Waals surface area contributed by atoms with Crippen LogP contribution in [0.4, 0.5) is 5.82 Å². The number of halogens is 1. The summed E-state index contributed by atoms with van der Waals surface area (Å²) in [5.41, 5.74) is 1.20. The first-order valence-corrected chi connectivity index (χ1v) is 5.05. The van der Waals surface area contributed by atoms with Crippen LogP contribution in [0.5, 0.6) is 0 Å². The van der Waals surface area contributed by atoms with Crippen LogP contribution in [0.15, 0.2) is 18.3 Å². The summed E-state index contributed by atoms with van der Waals surface area (Å²) < 4.78 is 0. The number of hydrogen-bond acceptors (Lipinski definition) is 2. The molecule has 0 aliphatic rings. The zero-order valence-electron chi connectivity index (χ0n) is 8.13. The van der Waals surface area contributed by atoms with Crippen LogP contribution >= 0.6 is 11.6 Å². The highest BCUT2D eigenvalue weighted by Gasteiger charge is 2.06. The monoisotopic (exact) mass is 198 g/mol. The minimum absolute atomic E-state index is 0.643. The van der Waals surface area contributed by atoms with Gasteiger partial charge in [-0.25, -0.2) is 4.98 Å². The maximum absolute atomic E-state index is 5.71. The molecule has 0 spiro atoms. The molecule has 0 aliphatic heterocycles. The number of anilines is 1. The van der Waals surface area contributed by atoms with E-state index in [9.17, 15) is 0 Å². The number of aryl methyl sites for hydroxylation is 1. The quantitative estimate of drug-likeness (QED) is 0.691. The van der Waals surface area contributed by atoms with Crippen molar-refractivity contribution in [3.8, 4) is 0 Å². The van der Waals surface area contributed by atoms with E-state index in [0.29, 0.717) is 5.88 Å². The molecular formula is C10H15ClN2. The van der Waals surface area contributed by atoms with E-state index >= 15 is 0 Å². The third kappa shape index (κ3) is 2.59. The molecule has 72 valence electrons. The topological polar surface area (TPSA) is 16.1 Å². The minimum atomic E-state index is 0.643. The number of aromatic nitrogens is 1. The zero-order chi connectivity index (χ0) is 9.68. The Bertz CT molecular complexity index is 263. The van der Waals surface area contributed by atoms with Gasteiger partial charge in [0.2, 0.25) is 0 Å².